The first kappa shape index (κ1) is 38.0. The number of hydrogen-bond donors (Lipinski definition) is 3. The Labute approximate surface area is 341 Å². The van der Waals surface area contributed by atoms with Crippen LogP contribution in [0.15, 0.2) is 78.9 Å². The molecule has 0 radical (unpaired) electrons. The molecule has 0 bridgehead atoms. The number of ether oxygens (including phenoxy) is 2. The topological polar surface area (TPSA) is 163 Å². The number of alkyl carbamates (subject to hydrolysis) is 1. The van der Waals surface area contributed by atoms with Crippen molar-refractivity contribution in [3.05, 3.63) is 102 Å². The molecule has 6 aromatic rings. The normalized spacial score (nSPS) is 19.3. The molecule has 3 N–H and O–H groups in total. The molecule has 0 unspecified atom stereocenters. The van der Waals surface area contributed by atoms with Crippen LogP contribution in [-0.4, -0.2) is 75.5 Å². The van der Waals surface area contributed by atoms with Crippen molar-refractivity contribution in [2.75, 3.05) is 25.7 Å². The minimum absolute atomic E-state index is 0.000397. The van der Waals surface area contributed by atoms with E-state index < -0.39 is 18.1 Å². The van der Waals surface area contributed by atoms with Crippen molar-refractivity contribution in [1.29, 1.82) is 0 Å². The molecule has 302 valence electrons. The van der Waals surface area contributed by atoms with Crippen molar-refractivity contribution in [1.82, 2.24) is 30.2 Å². The van der Waals surface area contributed by atoms with Gasteiger partial charge in [0.15, 0.2) is 0 Å². The number of methoxy groups -OCH3 is 2. The van der Waals surface area contributed by atoms with E-state index in [1.54, 1.807) is 0 Å². The average molecular weight is 794 g/mol. The molecule has 4 aromatic carbocycles. The quantitative estimate of drug-likeness (QED) is 0.126. The van der Waals surface area contributed by atoms with Gasteiger partial charge in [0.2, 0.25) is 11.8 Å². The predicted octanol–water partition coefficient (Wildman–Crippen LogP) is 7.57. The van der Waals surface area contributed by atoms with Crippen LogP contribution >= 0.6 is 0 Å². The molecule has 1 saturated heterocycles. The Kier molecular flexibility index (Phi) is 9.90. The van der Waals surface area contributed by atoms with Gasteiger partial charge in [-0.05, 0) is 89.2 Å². The fourth-order valence-electron chi connectivity index (χ4n) is 9.17. The van der Waals surface area contributed by atoms with Crippen molar-refractivity contribution in [3.63, 3.8) is 0 Å². The first-order chi connectivity index (χ1) is 28.6. The Morgan fingerprint density at radius 2 is 1.41 bits per heavy atom. The van der Waals surface area contributed by atoms with Crippen LogP contribution in [0.4, 0.5) is 10.5 Å². The van der Waals surface area contributed by atoms with Crippen LogP contribution in [0.1, 0.15) is 74.4 Å². The van der Waals surface area contributed by atoms with Crippen molar-refractivity contribution in [2.24, 2.45) is 11.8 Å². The molecular formula is C46H47N7O6. The Hall–Kier alpha value is -6.50. The maximum Gasteiger partial charge on any atom is 0.407 e. The largest absolute Gasteiger partial charge is 0.469 e. The van der Waals surface area contributed by atoms with E-state index in [1.165, 1.54) is 14.2 Å². The summed E-state index contributed by atoms with van der Waals surface area (Å²) in [5.41, 5.74) is 10.7. The second-order valence-corrected chi connectivity index (χ2v) is 16.2. The number of esters is 1. The van der Waals surface area contributed by atoms with Crippen LogP contribution in [0.25, 0.3) is 44.3 Å². The summed E-state index contributed by atoms with van der Waals surface area (Å²) in [6, 6.07) is 25.7. The summed E-state index contributed by atoms with van der Waals surface area (Å²) >= 11 is 0. The monoisotopic (exact) mass is 793 g/mol. The first-order valence-electron chi connectivity index (χ1n) is 20.4. The van der Waals surface area contributed by atoms with Gasteiger partial charge in [0, 0.05) is 13.0 Å². The van der Waals surface area contributed by atoms with E-state index in [0.717, 1.165) is 79.8 Å². The number of para-hydroxylation sites is 1. The van der Waals surface area contributed by atoms with Gasteiger partial charge in [-0.15, -0.1) is 0 Å². The lowest BCUT2D eigenvalue weighted by molar-refractivity contribution is -0.148. The fourth-order valence-corrected chi connectivity index (χ4v) is 9.17. The van der Waals surface area contributed by atoms with Crippen LogP contribution < -0.4 is 10.2 Å². The molecule has 13 heteroatoms. The Morgan fingerprint density at radius 3 is 2.02 bits per heavy atom. The Balaban J connectivity index is 0.935. The first-order valence-corrected chi connectivity index (χ1v) is 20.4. The van der Waals surface area contributed by atoms with Crippen molar-refractivity contribution in [2.45, 2.75) is 70.5 Å². The molecule has 0 saturated carbocycles. The highest BCUT2D eigenvalue weighted by Crippen LogP contribution is 2.45. The van der Waals surface area contributed by atoms with Gasteiger partial charge in [-0.2, -0.15) is 0 Å². The number of amides is 3. The number of fused-ring (bicyclic) bond motifs is 2. The summed E-state index contributed by atoms with van der Waals surface area (Å²) < 4.78 is 9.72. The van der Waals surface area contributed by atoms with E-state index in [-0.39, 0.29) is 42.2 Å². The molecule has 0 spiro atoms. The standard InChI is InChI=1S/C46H47N7O6/c1-25(2)32(24-40(54)58-3)44(55)52-20-6-9-38(52)42-47-33-17-15-29(21-36(33)49-42)26-10-12-27(13-11-26)30-16-18-34-37(22-30)50-43(48-34)39-23-31-8-5-7-28-14-19-35(51-46(57)59-4)45(56)53(39)41(28)31/h5,7-8,10-13,15-18,21-22,25,32,35,38-39H,6,9,14,19-20,23-24H2,1-4H3,(H,47,49)(H,48,50)(H,51,57)/t32-,35-,38-,39-/m0/s1. The lowest BCUT2D eigenvalue weighted by Crippen LogP contribution is -2.48. The average Bonchev–Trinajstić information content (AvgIpc) is 4.06. The number of likely N-dealkylation sites (tertiary alicyclic amines) is 1. The highest BCUT2D eigenvalue weighted by Gasteiger charge is 2.43. The lowest BCUT2D eigenvalue weighted by Gasteiger charge is -2.29. The molecule has 13 nitrogen and oxygen atoms in total. The van der Waals surface area contributed by atoms with Gasteiger partial charge in [0.25, 0.3) is 0 Å². The molecule has 2 aromatic heterocycles. The zero-order chi connectivity index (χ0) is 40.9. The summed E-state index contributed by atoms with van der Waals surface area (Å²) in [7, 11) is 2.65. The fraction of sp³-hybridized carbons (Fsp3) is 0.348. The van der Waals surface area contributed by atoms with Crippen LogP contribution in [-0.2, 0) is 36.7 Å². The molecule has 3 aliphatic heterocycles. The molecule has 9 rings (SSSR count). The Bertz CT molecular complexity index is 2610. The second-order valence-electron chi connectivity index (χ2n) is 16.2. The zero-order valence-corrected chi connectivity index (χ0v) is 33.6. The van der Waals surface area contributed by atoms with E-state index >= 15 is 0 Å². The number of carbonyl (C=O) groups is 4. The van der Waals surface area contributed by atoms with Gasteiger partial charge < -0.3 is 29.7 Å². The maximum absolute atomic E-state index is 14.0. The van der Waals surface area contributed by atoms with Crippen LogP contribution in [0.5, 0.6) is 0 Å². The number of nitrogens with zero attached hydrogens (tertiary/aromatic N) is 4. The third-order valence-corrected chi connectivity index (χ3v) is 12.3. The summed E-state index contributed by atoms with van der Waals surface area (Å²) in [5.74, 6) is 0.440. The van der Waals surface area contributed by atoms with E-state index in [2.05, 4.69) is 75.9 Å². The molecule has 5 heterocycles. The van der Waals surface area contributed by atoms with Gasteiger partial charge in [0.1, 0.15) is 17.7 Å². The minimum atomic E-state index is -0.704. The van der Waals surface area contributed by atoms with Gasteiger partial charge in [-0.25, -0.2) is 14.8 Å². The van der Waals surface area contributed by atoms with Gasteiger partial charge >= 0.3 is 12.1 Å². The van der Waals surface area contributed by atoms with Crippen molar-refractivity contribution < 1.29 is 28.7 Å². The number of nitrogens with one attached hydrogen (secondary N) is 3. The SMILES string of the molecule is COC(=O)C[C@H](C(=O)N1CCC[C@H]1c1nc2ccc(-c3ccc(-c4ccc5nc([C@@H]6Cc7cccc8c7N6C(=O)[C@@H](NC(=O)OC)CC8)[nH]c5c4)cc3)cc2[nH]1)C(C)C. The highest BCUT2D eigenvalue weighted by molar-refractivity contribution is 6.02. The number of aromatic nitrogens is 4. The molecule has 59 heavy (non-hydrogen) atoms. The predicted molar refractivity (Wildman–Crippen MR) is 223 cm³/mol. The molecule has 1 fully saturated rings. The number of rotatable bonds is 9. The lowest BCUT2D eigenvalue weighted by atomic mass is 9.91. The number of carbonyl (C=O) groups excluding carboxylic acids is 4. The number of benzene rings is 4. The van der Waals surface area contributed by atoms with Crippen LogP contribution in [0.2, 0.25) is 0 Å². The highest BCUT2D eigenvalue weighted by atomic mass is 16.5. The second kappa shape index (κ2) is 15.3. The smallest absolute Gasteiger partial charge is 0.407 e. The zero-order valence-electron chi connectivity index (χ0n) is 33.6. The number of anilines is 1. The van der Waals surface area contributed by atoms with E-state index in [4.69, 9.17) is 19.4 Å². The number of aryl methyl sites for hydroxylation is 1. The minimum Gasteiger partial charge on any atom is -0.469 e. The molecular weight excluding hydrogens is 747 g/mol. The summed E-state index contributed by atoms with van der Waals surface area (Å²) in [4.78, 5) is 72.6. The van der Waals surface area contributed by atoms with Crippen LogP contribution in [0.3, 0.4) is 0 Å². The third kappa shape index (κ3) is 6.98. The molecule has 4 atom stereocenters. The number of aromatic amines is 2. The summed E-state index contributed by atoms with van der Waals surface area (Å²) in [6.45, 7) is 4.56. The Morgan fingerprint density at radius 1 is 0.797 bits per heavy atom. The van der Waals surface area contributed by atoms with Crippen molar-refractivity contribution >= 4 is 51.6 Å². The number of imidazole rings is 2. The number of H-pyrrole nitrogens is 2. The van der Waals surface area contributed by atoms with Gasteiger partial charge in [0.05, 0.1) is 66.4 Å². The van der Waals surface area contributed by atoms with E-state index in [1.807, 2.05) is 41.8 Å². The van der Waals surface area contributed by atoms with E-state index in [9.17, 15) is 19.2 Å². The summed E-state index contributed by atoms with van der Waals surface area (Å²) in [6.07, 6.45) is 2.88. The van der Waals surface area contributed by atoms with Crippen molar-refractivity contribution in [3.8, 4) is 22.3 Å². The van der Waals surface area contributed by atoms with E-state index in [0.29, 0.717) is 31.6 Å². The third-order valence-electron chi connectivity index (χ3n) is 12.3. The number of hydrogen-bond acceptors (Lipinski definition) is 8. The molecule has 3 amide bonds. The van der Waals surface area contributed by atoms with Gasteiger partial charge in [-0.1, -0.05) is 68.4 Å². The molecule has 0 aliphatic carbocycles. The summed E-state index contributed by atoms with van der Waals surface area (Å²) in [5, 5.41) is 2.74. The van der Waals surface area contributed by atoms with Gasteiger partial charge in [-0.3, -0.25) is 19.3 Å². The molecule has 3 aliphatic rings. The maximum atomic E-state index is 14.0. The van der Waals surface area contributed by atoms with Crippen LogP contribution in [0, 0.1) is 11.8 Å².